The quantitative estimate of drug-likeness (QED) is 0.843. The van der Waals surface area contributed by atoms with Gasteiger partial charge in [0, 0.05) is 11.8 Å². The maximum atomic E-state index is 5.38. The monoisotopic (exact) mass is 285 g/mol. The van der Waals surface area contributed by atoms with Crippen LogP contribution in [0.1, 0.15) is 40.5 Å². The molecule has 1 aliphatic carbocycles. The summed E-state index contributed by atoms with van der Waals surface area (Å²) < 4.78 is 5.38. The van der Waals surface area contributed by atoms with Crippen LogP contribution in [0.2, 0.25) is 0 Å². The SMILES string of the molecule is COC1=NC(C(C)C)=C2CCC3=NC=C(C(C)C)C3=C2N1. The molecular weight excluding hydrogens is 262 g/mol. The van der Waals surface area contributed by atoms with Gasteiger partial charge >= 0.3 is 0 Å². The van der Waals surface area contributed by atoms with E-state index in [-0.39, 0.29) is 0 Å². The van der Waals surface area contributed by atoms with Gasteiger partial charge in [0.2, 0.25) is 0 Å². The van der Waals surface area contributed by atoms with Crippen LogP contribution in [0.4, 0.5) is 0 Å². The summed E-state index contributed by atoms with van der Waals surface area (Å²) in [4.78, 5) is 9.26. The summed E-state index contributed by atoms with van der Waals surface area (Å²) in [6.07, 6.45) is 4.02. The Hall–Kier alpha value is -1.84. The molecule has 1 N–H and O–H groups in total. The van der Waals surface area contributed by atoms with E-state index >= 15 is 0 Å². The Kier molecular flexibility index (Phi) is 3.47. The zero-order valence-corrected chi connectivity index (χ0v) is 13.4. The second kappa shape index (κ2) is 5.17. The zero-order valence-electron chi connectivity index (χ0n) is 13.4. The number of rotatable bonds is 2. The molecule has 3 aliphatic rings. The van der Waals surface area contributed by atoms with Gasteiger partial charge in [-0.2, -0.15) is 0 Å². The molecule has 0 aromatic carbocycles. The van der Waals surface area contributed by atoms with Crippen molar-refractivity contribution in [2.45, 2.75) is 40.5 Å². The normalized spacial score (nSPS) is 21.0. The molecule has 0 amide bonds. The fourth-order valence-corrected chi connectivity index (χ4v) is 3.16. The van der Waals surface area contributed by atoms with Crippen LogP contribution in [0.25, 0.3) is 0 Å². The number of ether oxygens (including phenoxy) is 1. The number of hydrogen-bond acceptors (Lipinski definition) is 4. The van der Waals surface area contributed by atoms with Crippen molar-refractivity contribution >= 4 is 11.7 Å². The van der Waals surface area contributed by atoms with E-state index in [0.29, 0.717) is 17.9 Å². The number of nitrogens with zero attached hydrogens (tertiary/aromatic N) is 2. The largest absolute Gasteiger partial charge is 0.468 e. The van der Waals surface area contributed by atoms with Crippen LogP contribution < -0.4 is 5.32 Å². The average molecular weight is 285 g/mol. The summed E-state index contributed by atoms with van der Waals surface area (Å²) >= 11 is 0. The lowest BCUT2D eigenvalue weighted by Gasteiger charge is -2.31. The maximum absolute atomic E-state index is 5.38. The lowest BCUT2D eigenvalue weighted by molar-refractivity contribution is 0.382. The Bertz CT molecular complexity index is 630. The minimum absolute atomic E-state index is 0.384. The molecule has 112 valence electrons. The first-order chi connectivity index (χ1) is 10.0. The van der Waals surface area contributed by atoms with E-state index in [1.165, 1.54) is 22.4 Å². The van der Waals surface area contributed by atoms with Crippen molar-refractivity contribution in [2.75, 3.05) is 7.11 Å². The van der Waals surface area contributed by atoms with Crippen molar-refractivity contribution in [3.8, 4) is 0 Å². The highest BCUT2D eigenvalue weighted by molar-refractivity contribution is 6.09. The topological polar surface area (TPSA) is 46.0 Å². The highest BCUT2D eigenvalue weighted by Gasteiger charge is 2.33. The Balaban J connectivity index is 2.18. The fraction of sp³-hybridized carbons (Fsp3) is 0.529. The molecule has 0 saturated carbocycles. The lowest BCUT2D eigenvalue weighted by atomic mass is 9.82. The van der Waals surface area contributed by atoms with Gasteiger partial charge in [-0.05, 0) is 35.8 Å². The number of amidine groups is 1. The summed E-state index contributed by atoms with van der Waals surface area (Å²) in [6, 6.07) is 0.584. The molecule has 0 aromatic heterocycles. The molecule has 0 spiro atoms. The molecule has 0 unspecified atom stereocenters. The number of methoxy groups -OCH3 is 1. The third-order valence-electron chi connectivity index (χ3n) is 4.23. The first kappa shape index (κ1) is 14.1. The Labute approximate surface area is 126 Å². The summed E-state index contributed by atoms with van der Waals surface area (Å²) in [5.41, 5.74) is 7.41. The van der Waals surface area contributed by atoms with Crippen LogP contribution in [0.15, 0.2) is 44.3 Å². The molecule has 2 aliphatic heterocycles. The van der Waals surface area contributed by atoms with Gasteiger partial charge in [-0.1, -0.05) is 27.7 Å². The molecular formula is C17H23N3O. The molecule has 2 heterocycles. The summed E-state index contributed by atoms with van der Waals surface area (Å²) in [7, 11) is 1.66. The third kappa shape index (κ3) is 2.23. The van der Waals surface area contributed by atoms with Crippen LogP contribution in [0, 0.1) is 11.8 Å². The number of nitrogens with one attached hydrogen (secondary N) is 1. The van der Waals surface area contributed by atoms with E-state index in [1.54, 1.807) is 7.11 Å². The zero-order chi connectivity index (χ0) is 15.1. The summed E-state index contributed by atoms with van der Waals surface area (Å²) in [6.45, 7) is 8.80. The van der Waals surface area contributed by atoms with Gasteiger partial charge < -0.3 is 10.1 Å². The van der Waals surface area contributed by atoms with Gasteiger partial charge in [-0.3, -0.25) is 4.99 Å². The van der Waals surface area contributed by atoms with Crippen molar-refractivity contribution in [2.24, 2.45) is 21.8 Å². The molecule has 0 aromatic rings. The van der Waals surface area contributed by atoms with E-state index in [1.807, 2.05) is 6.20 Å². The molecule has 0 atom stereocenters. The van der Waals surface area contributed by atoms with E-state index in [0.717, 1.165) is 24.2 Å². The minimum atomic E-state index is 0.384. The van der Waals surface area contributed by atoms with Gasteiger partial charge in [-0.15, -0.1) is 0 Å². The van der Waals surface area contributed by atoms with Crippen molar-refractivity contribution in [3.63, 3.8) is 0 Å². The fourth-order valence-electron chi connectivity index (χ4n) is 3.16. The number of hydrogen-bond donors (Lipinski definition) is 1. The van der Waals surface area contributed by atoms with Gasteiger partial charge in [0.05, 0.1) is 24.2 Å². The molecule has 0 fully saturated rings. The molecule has 0 saturated heterocycles. The van der Waals surface area contributed by atoms with Gasteiger partial charge in [-0.25, -0.2) is 4.99 Å². The van der Waals surface area contributed by atoms with Crippen molar-refractivity contribution in [1.82, 2.24) is 5.32 Å². The van der Waals surface area contributed by atoms with Crippen LogP contribution in [-0.4, -0.2) is 18.8 Å². The third-order valence-corrected chi connectivity index (χ3v) is 4.23. The number of allylic oxidation sites excluding steroid dienone is 4. The van der Waals surface area contributed by atoms with Gasteiger partial charge in [0.15, 0.2) is 0 Å². The first-order valence-electron chi connectivity index (χ1n) is 7.67. The molecule has 4 nitrogen and oxygen atoms in total. The molecule has 4 heteroatoms. The molecule has 0 radical (unpaired) electrons. The standard InChI is InChI=1S/C17H23N3O/c1-9(2)12-8-18-13-7-6-11-15(10(3)4)19-17(21-5)20-16(11)14(12)13/h8-10H,6-7H2,1-5H3,(H,19,20). The average Bonchev–Trinajstić information content (AvgIpc) is 2.90. The lowest BCUT2D eigenvalue weighted by Crippen LogP contribution is -2.34. The second-order valence-corrected chi connectivity index (χ2v) is 6.33. The summed E-state index contributed by atoms with van der Waals surface area (Å²) in [5, 5.41) is 3.37. The molecule has 3 rings (SSSR count). The predicted molar refractivity (Wildman–Crippen MR) is 86.1 cm³/mol. The number of fused-ring (bicyclic) bond motifs is 2. The van der Waals surface area contributed by atoms with E-state index in [2.05, 4.69) is 43.0 Å². The number of aliphatic imine (C=N–C) groups is 2. The van der Waals surface area contributed by atoms with Gasteiger partial charge in [0.25, 0.3) is 6.02 Å². The Morgan fingerprint density at radius 1 is 1.14 bits per heavy atom. The van der Waals surface area contributed by atoms with E-state index < -0.39 is 0 Å². The summed E-state index contributed by atoms with van der Waals surface area (Å²) in [5.74, 6) is 0.844. The van der Waals surface area contributed by atoms with Crippen LogP contribution in [0.3, 0.4) is 0 Å². The van der Waals surface area contributed by atoms with Crippen molar-refractivity contribution < 1.29 is 4.74 Å². The van der Waals surface area contributed by atoms with Crippen LogP contribution in [0.5, 0.6) is 0 Å². The highest BCUT2D eigenvalue weighted by atomic mass is 16.5. The first-order valence-corrected chi connectivity index (χ1v) is 7.67. The van der Waals surface area contributed by atoms with Crippen LogP contribution in [-0.2, 0) is 4.74 Å². The van der Waals surface area contributed by atoms with Crippen LogP contribution >= 0.6 is 0 Å². The molecule has 0 bridgehead atoms. The minimum Gasteiger partial charge on any atom is -0.468 e. The van der Waals surface area contributed by atoms with E-state index in [4.69, 9.17) is 4.74 Å². The Morgan fingerprint density at radius 3 is 2.52 bits per heavy atom. The second-order valence-electron chi connectivity index (χ2n) is 6.33. The Morgan fingerprint density at radius 2 is 1.90 bits per heavy atom. The predicted octanol–water partition coefficient (Wildman–Crippen LogP) is 3.54. The highest BCUT2D eigenvalue weighted by Crippen LogP contribution is 2.40. The smallest absolute Gasteiger partial charge is 0.293 e. The molecule has 21 heavy (non-hydrogen) atoms. The van der Waals surface area contributed by atoms with Gasteiger partial charge in [0.1, 0.15) is 0 Å². The van der Waals surface area contributed by atoms with Crippen molar-refractivity contribution in [1.29, 1.82) is 0 Å². The van der Waals surface area contributed by atoms with E-state index in [9.17, 15) is 0 Å². The van der Waals surface area contributed by atoms with Crippen molar-refractivity contribution in [3.05, 3.63) is 34.3 Å². The maximum Gasteiger partial charge on any atom is 0.293 e.